The van der Waals surface area contributed by atoms with Crippen LogP contribution < -0.4 is 5.32 Å². The zero-order chi connectivity index (χ0) is 13.2. The number of rotatable bonds is 5. The molecular weight excluding hydrogens is 266 g/mol. The van der Waals surface area contributed by atoms with Gasteiger partial charge >= 0.3 is 5.97 Å². The van der Waals surface area contributed by atoms with Gasteiger partial charge in [0.05, 0.1) is 4.21 Å². The van der Waals surface area contributed by atoms with Crippen molar-refractivity contribution in [3.8, 4) is 0 Å². The number of carbonyl (C=O) groups is 1. The van der Waals surface area contributed by atoms with E-state index >= 15 is 0 Å². The largest absolute Gasteiger partial charge is 0.480 e. The number of carboxylic acids is 1. The number of hydrogen-bond acceptors (Lipinski definition) is 4. The Kier molecular flexibility index (Phi) is 4.35. The van der Waals surface area contributed by atoms with Gasteiger partial charge in [-0.05, 0) is 44.6 Å². The Morgan fingerprint density at radius 1 is 1.67 bits per heavy atom. The van der Waals surface area contributed by atoms with Crippen molar-refractivity contribution in [3.05, 3.63) is 17.5 Å². The molecule has 1 heterocycles. The normalized spacial score (nSPS) is 27.8. The second-order valence-corrected chi connectivity index (χ2v) is 7.65. The Bertz CT molecular complexity index is 405. The number of carboxylic acid groups (broad SMARTS) is 1. The van der Waals surface area contributed by atoms with Crippen LogP contribution in [0.5, 0.6) is 0 Å². The predicted molar refractivity (Wildman–Crippen MR) is 76.5 cm³/mol. The minimum Gasteiger partial charge on any atom is -0.480 e. The quantitative estimate of drug-likeness (QED) is 0.872. The van der Waals surface area contributed by atoms with Crippen LogP contribution in [0.3, 0.4) is 0 Å². The lowest BCUT2D eigenvalue weighted by atomic mass is 9.97. The summed E-state index contributed by atoms with van der Waals surface area (Å²) >= 11 is 3.55. The lowest BCUT2D eigenvalue weighted by Crippen LogP contribution is -2.53. The molecule has 100 valence electrons. The van der Waals surface area contributed by atoms with Gasteiger partial charge in [0.25, 0.3) is 0 Å². The summed E-state index contributed by atoms with van der Waals surface area (Å²) in [5, 5.41) is 15.2. The molecule has 0 saturated heterocycles. The molecule has 1 aromatic heterocycles. The number of thioether (sulfide) groups is 1. The van der Waals surface area contributed by atoms with Crippen LogP contribution in [0.2, 0.25) is 0 Å². The number of thiophene rings is 1. The van der Waals surface area contributed by atoms with Crippen LogP contribution in [0, 0.1) is 0 Å². The molecule has 1 aromatic rings. The maximum absolute atomic E-state index is 11.5. The van der Waals surface area contributed by atoms with Gasteiger partial charge in [0.15, 0.2) is 0 Å². The molecule has 0 amide bonds. The van der Waals surface area contributed by atoms with E-state index in [1.807, 2.05) is 31.7 Å². The zero-order valence-corrected chi connectivity index (χ0v) is 12.3. The van der Waals surface area contributed by atoms with Crippen molar-refractivity contribution < 1.29 is 9.90 Å². The highest BCUT2D eigenvalue weighted by molar-refractivity contribution is 8.01. The Labute approximate surface area is 116 Å². The average molecular weight is 285 g/mol. The number of nitrogens with one attached hydrogen (secondary N) is 1. The smallest absolute Gasteiger partial charge is 0.323 e. The van der Waals surface area contributed by atoms with Gasteiger partial charge < -0.3 is 5.11 Å². The van der Waals surface area contributed by atoms with Crippen LogP contribution >= 0.6 is 23.1 Å². The van der Waals surface area contributed by atoms with E-state index in [4.69, 9.17) is 0 Å². The molecule has 0 bridgehead atoms. The van der Waals surface area contributed by atoms with E-state index in [1.165, 1.54) is 4.21 Å². The molecule has 2 atom stereocenters. The molecule has 1 aliphatic rings. The fourth-order valence-electron chi connectivity index (χ4n) is 2.54. The lowest BCUT2D eigenvalue weighted by Gasteiger charge is -2.28. The van der Waals surface area contributed by atoms with Gasteiger partial charge in [-0.25, -0.2) is 0 Å². The SMILES string of the molecule is CC(C)NC1(C(=O)O)CCC(Sc2cccs2)C1. The molecule has 0 aromatic carbocycles. The van der Waals surface area contributed by atoms with Crippen molar-refractivity contribution in [2.45, 2.75) is 54.1 Å². The molecule has 2 N–H and O–H groups in total. The minimum atomic E-state index is -0.719. The van der Waals surface area contributed by atoms with Crippen molar-refractivity contribution >= 4 is 29.1 Å². The van der Waals surface area contributed by atoms with Gasteiger partial charge in [0.2, 0.25) is 0 Å². The highest BCUT2D eigenvalue weighted by Crippen LogP contribution is 2.41. The molecule has 1 saturated carbocycles. The summed E-state index contributed by atoms with van der Waals surface area (Å²) in [5.41, 5.74) is -0.719. The predicted octanol–water partition coefficient (Wildman–Crippen LogP) is 3.21. The molecule has 0 spiro atoms. The molecule has 18 heavy (non-hydrogen) atoms. The van der Waals surface area contributed by atoms with Crippen molar-refractivity contribution in [2.24, 2.45) is 0 Å². The van der Waals surface area contributed by atoms with Gasteiger partial charge in [0, 0.05) is 11.3 Å². The van der Waals surface area contributed by atoms with Crippen LogP contribution in [-0.4, -0.2) is 27.9 Å². The van der Waals surface area contributed by atoms with Crippen LogP contribution in [-0.2, 0) is 4.79 Å². The summed E-state index contributed by atoms with van der Waals surface area (Å²) in [6.07, 6.45) is 2.40. The van der Waals surface area contributed by atoms with Crippen LogP contribution in [0.25, 0.3) is 0 Å². The van der Waals surface area contributed by atoms with E-state index in [2.05, 4.69) is 16.8 Å². The first-order valence-corrected chi connectivity index (χ1v) is 7.99. The summed E-state index contributed by atoms with van der Waals surface area (Å²) in [6.45, 7) is 4.01. The van der Waals surface area contributed by atoms with Gasteiger partial charge in [-0.15, -0.1) is 23.1 Å². The third kappa shape index (κ3) is 3.08. The Morgan fingerprint density at radius 2 is 2.44 bits per heavy atom. The first kappa shape index (κ1) is 13.9. The van der Waals surface area contributed by atoms with Crippen molar-refractivity contribution in [3.63, 3.8) is 0 Å². The van der Waals surface area contributed by atoms with Crippen LogP contribution in [0.1, 0.15) is 33.1 Å². The van der Waals surface area contributed by atoms with E-state index in [-0.39, 0.29) is 6.04 Å². The molecule has 2 unspecified atom stereocenters. The Morgan fingerprint density at radius 3 is 3.00 bits per heavy atom. The van der Waals surface area contributed by atoms with Gasteiger partial charge in [-0.2, -0.15) is 0 Å². The van der Waals surface area contributed by atoms with E-state index in [9.17, 15) is 9.90 Å². The molecular formula is C13H19NO2S2. The standard InChI is InChI=1S/C13H19NO2S2/c1-9(2)14-13(12(15)16)6-5-10(8-13)18-11-4-3-7-17-11/h3-4,7,9-10,14H,5-6,8H2,1-2H3,(H,15,16). The Hall–Kier alpha value is -0.520. The van der Waals surface area contributed by atoms with Crippen molar-refractivity contribution in [1.29, 1.82) is 0 Å². The molecule has 1 aliphatic carbocycles. The summed E-state index contributed by atoms with van der Waals surface area (Å²) in [7, 11) is 0. The fraction of sp³-hybridized carbons (Fsp3) is 0.615. The Balaban J connectivity index is 2.01. The van der Waals surface area contributed by atoms with Crippen LogP contribution in [0.4, 0.5) is 0 Å². The van der Waals surface area contributed by atoms with Crippen LogP contribution in [0.15, 0.2) is 21.7 Å². The van der Waals surface area contributed by atoms with Gasteiger partial charge in [-0.1, -0.05) is 6.07 Å². The molecule has 5 heteroatoms. The topological polar surface area (TPSA) is 49.3 Å². The zero-order valence-electron chi connectivity index (χ0n) is 10.7. The lowest BCUT2D eigenvalue weighted by molar-refractivity contribution is -0.145. The maximum Gasteiger partial charge on any atom is 0.323 e. The molecule has 1 fully saturated rings. The number of aliphatic carboxylic acids is 1. The summed E-state index contributed by atoms with van der Waals surface area (Å²) < 4.78 is 1.28. The summed E-state index contributed by atoms with van der Waals surface area (Å²) in [4.78, 5) is 11.5. The molecule has 3 nitrogen and oxygen atoms in total. The second kappa shape index (κ2) is 5.63. The first-order valence-electron chi connectivity index (χ1n) is 6.23. The first-order chi connectivity index (χ1) is 8.52. The van der Waals surface area contributed by atoms with Gasteiger partial charge in [-0.3, -0.25) is 10.1 Å². The van der Waals surface area contributed by atoms with Gasteiger partial charge in [0.1, 0.15) is 5.54 Å². The molecule has 0 aliphatic heterocycles. The van der Waals surface area contributed by atoms with E-state index in [0.717, 1.165) is 12.8 Å². The fourth-order valence-corrected chi connectivity index (χ4v) is 4.87. The third-order valence-electron chi connectivity index (χ3n) is 3.22. The highest BCUT2D eigenvalue weighted by Gasteiger charge is 2.45. The average Bonchev–Trinajstić information content (AvgIpc) is 2.89. The van der Waals surface area contributed by atoms with E-state index in [0.29, 0.717) is 11.7 Å². The maximum atomic E-state index is 11.5. The molecule has 2 rings (SSSR count). The van der Waals surface area contributed by atoms with Crippen molar-refractivity contribution in [2.75, 3.05) is 0 Å². The monoisotopic (exact) mass is 285 g/mol. The highest BCUT2D eigenvalue weighted by atomic mass is 32.2. The second-order valence-electron chi connectivity index (χ2n) is 5.10. The number of hydrogen-bond donors (Lipinski definition) is 2. The van der Waals surface area contributed by atoms with Crippen molar-refractivity contribution in [1.82, 2.24) is 5.32 Å². The van der Waals surface area contributed by atoms with E-state index in [1.54, 1.807) is 11.3 Å². The minimum absolute atomic E-state index is 0.201. The third-order valence-corrected chi connectivity index (χ3v) is 5.56. The molecule has 0 radical (unpaired) electrons. The summed E-state index contributed by atoms with van der Waals surface area (Å²) in [6, 6.07) is 4.34. The summed E-state index contributed by atoms with van der Waals surface area (Å²) in [5.74, 6) is -0.703. The van der Waals surface area contributed by atoms with E-state index < -0.39 is 11.5 Å².